The maximum atomic E-state index is 10.8. The van der Waals surface area contributed by atoms with Gasteiger partial charge in [0.05, 0.1) is 12.7 Å². The van der Waals surface area contributed by atoms with Crippen molar-refractivity contribution >= 4 is 6.29 Å². The van der Waals surface area contributed by atoms with Gasteiger partial charge in [0.25, 0.3) is 0 Å². The number of hydrogen-bond acceptors (Lipinski definition) is 2. The van der Waals surface area contributed by atoms with Gasteiger partial charge in [0.15, 0.2) is 6.29 Å². The Morgan fingerprint density at radius 1 is 1.06 bits per heavy atom. The molecule has 0 unspecified atom stereocenters. The minimum absolute atomic E-state index is 0.587. The molecule has 2 rings (SSSR count). The van der Waals surface area contributed by atoms with Gasteiger partial charge in [-0.2, -0.15) is 0 Å². The molecule has 0 amide bonds. The lowest BCUT2D eigenvalue weighted by atomic mass is 10.0. The van der Waals surface area contributed by atoms with E-state index < -0.39 is 0 Å². The normalized spacial score (nSPS) is 9.94. The van der Waals surface area contributed by atoms with E-state index in [1.807, 2.05) is 30.3 Å². The monoisotopic (exact) mass is 226 g/mol. The number of ether oxygens (including phenoxy) is 1. The Kier molecular flexibility index (Phi) is 3.55. The smallest absolute Gasteiger partial charge is 0.153 e. The van der Waals surface area contributed by atoms with Crippen LogP contribution in [0.1, 0.15) is 21.5 Å². The fourth-order valence-electron chi connectivity index (χ4n) is 1.79. The van der Waals surface area contributed by atoms with E-state index in [4.69, 9.17) is 4.74 Å². The molecule has 0 saturated carbocycles. The zero-order chi connectivity index (χ0) is 12.1. The van der Waals surface area contributed by atoms with E-state index >= 15 is 0 Å². The van der Waals surface area contributed by atoms with Crippen LogP contribution in [0.2, 0.25) is 0 Å². The third-order valence-electron chi connectivity index (χ3n) is 2.68. The molecule has 86 valence electrons. The molecular weight excluding hydrogens is 212 g/mol. The van der Waals surface area contributed by atoms with Gasteiger partial charge in [-0.1, -0.05) is 36.4 Å². The van der Waals surface area contributed by atoms with Crippen molar-refractivity contribution in [3.05, 3.63) is 65.2 Å². The van der Waals surface area contributed by atoms with Gasteiger partial charge in [-0.15, -0.1) is 0 Å². The summed E-state index contributed by atoms with van der Waals surface area (Å²) in [4.78, 5) is 10.8. The summed E-state index contributed by atoms with van der Waals surface area (Å²) in [6, 6.07) is 15.9. The third-order valence-corrected chi connectivity index (χ3v) is 2.68. The first kappa shape index (κ1) is 11.4. The van der Waals surface area contributed by atoms with Crippen molar-refractivity contribution in [2.45, 2.75) is 6.42 Å². The zero-order valence-electron chi connectivity index (χ0n) is 9.72. The predicted octanol–water partition coefficient (Wildman–Crippen LogP) is 3.10. The van der Waals surface area contributed by atoms with Crippen LogP contribution in [-0.2, 0) is 6.42 Å². The minimum atomic E-state index is 0.587. The van der Waals surface area contributed by atoms with Crippen LogP contribution >= 0.6 is 0 Å². The molecule has 0 fully saturated rings. The van der Waals surface area contributed by atoms with Crippen molar-refractivity contribution in [2.24, 2.45) is 0 Å². The maximum Gasteiger partial charge on any atom is 0.153 e. The fourth-order valence-corrected chi connectivity index (χ4v) is 1.79. The molecule has 2 nitrogen and oxygen atoms in total. The summed E-state index contributed by atoms with van der Waals surface area (Å²) < 4.78 is 5.18. The molecule has 2 aromatic carbocycles. The highest BCUT2D eigenvalue weighted by atomic mass is 16.5. The van der Waals surface area contributed by atoms with Crippen molar-refractivity contribution in [3.63, 3.8) is 0 Å². The number of carbonyl (C=O) groups is 1. The zero-order valence-corrected chi connectivity index (χ0v) is 9.72. The Balaban J connectivity index is 2.25. The Hall–Kier alpha value is -2.09. The molecular formula is C15H14O2. The predicted molar refractivity (Wildman–Crippen MR) is 67.6 cm³/mol. The lowest BCUT2D eigenvalue weighted by Crippen LogP contribution is -1.94. The van der Waals surface area contributed by atoms with Gasteiger partial charge in [-0.05, 0) is 29.7 Å². The molecule has 0 aromatic heterocycles. The van der Waals surface area contributed by atoms with E-state index in [1.54, 1.807) is 13.2 Å². The Morgan fingerprint density at radius 2 is 1.82 bits per heavy atom. The van der Waals surface area contributed by atoms with Crippen molar-refractivity contribution in [3.8, 4) is 5.75 Å². The maximum absolute atomic E-state index is 10.8. The second kappa shape index (κ2) is 5.30. The van der Waals surface area contributed by atoms with Gasteiger partial charge in [-0.3, -0.25) is 4.79 Å². The van der Waals surface area contributed by atoms with Crippen LogP contribution in [0.25, 0.3) is 0 Å². The second-order valence-electron chi connectivity index (χ2n) is 3.86. The lowest BCUT2D eigenvalue weighted by molar-refractivity contribution is 0.112. The molecule has 0 aliphatic heterocycles. The summed E-state index contributed by atoms with van der Waals surface area (Å²) in [5.41, 5.74) is 2.97. The number of rotatable bonds is 4. The van der Waals surface area contributed by atoms with Crippen molar-refractivity contribution in [2.75, 3.05) is 7.11 Å². The van der Waals surface area contributed by atoms with Crippen molar-refractivity contribution in [1.29, 1.82) is 0 Å². The minimum Gasteiger partial charge on any atom is -0.496 e. The fraction of sp³-hybridized carbons (Fsp3) is 0.133. The van der Waals surface area contributed by atoms with Gasteiger partial charge in [-0.25, -0.2) is 0 Å². The standard InChI is InChI=1S/C15H14O2/c1-17-15-10-13(7-8-14(15)11-16)9-12-5-3-2-4-6-12/h2-8,10-11H,9H2,1H3. The average Bonchev–Trinajstić information content (AvgIpc) is 2.40. The molecule has 0 radical (unpaired) electrons. The summed E-state index contributed by atoms with van der Waals surface area (Å²) in [6.45, 7) is 0. The van der Waals surface area contributed by atoms with E-state index in [0.717, 1.165) is 18.3 Å². The third kappa shape index (κ3) is 2.72. The average molecular weight is 226 g/mol. The molecule has 0 N–H and O–H groups in total. The molecule has 0 aliphatic carbocycles. The highest BCUT2D eigenvalue weighted by Gasteiger charge is 2.03. The first-order valence-electron chi connectivity index (χ1n) is 5.49. The van der Waals surface area contributed by atoms with Crippen LogP contribution in [0.4, 0.5) is 0 Å². The molecule has 2 aromatic rings. The largest absolute Gasteiger partial charge is 0.496 e. The van der Waals surface area contributed by atoms with Crippen LogP contribution in [0.3, 0.4) is 0 Å². The molecule has 2 heteroatoms. The summed E-state index contributed by atoms with van der Waals surface area (Å²) in [5.74, 6) is 0.633. The van der Waals surface area contributed by atoms with Crippen LogP contribution in [0, 0.1) is 0 Å². The first-order valence-corrected chi connectivity index (χ1v) is 5.49. The molecule has 0 spiro atoms. The molecule has 0 bridgehead atoms. The Bertz CT molecular complexity index is 504. The molecule has 0 atom stereocenters. The van der Waals surface area contributed by atoms with E-state index in [-0.39, 0.29) is 0 Å². The molecule has 0 saturated heterocycles. The highest BCUT2D eigenvalue weighted by Crippen LogP contribution is 2.20. The van der Waals surface area contributed by atoms with Crippen LogP contribution in [0.5, 0.6) is 5.75 Å². The van der Waals surface area contributed by atoms with E-state index in [0.29, 0.717) is 11.3 Å². The van der Waals surface area contributed by atoms with Crippen LogP contribution in [-0.4, -0.2) is 13.4 Å². The van der Waals surface area contributed by atoms with Gasteiger partial charge in [0.2, 0.25) is 0 Å². The summed E-state index contributed by atoms with van der Waals surface area (Å²) >= 11 is 0. The number of hydrogen-bond donors (Lipinski definition) is 0. The van der Waals surface area contributed by atoms with Gasteiger partial charge in [0.1, 0.15) is 5.75 Å². The van der Waals surface area contributed by atoms with Gasteiger partial charge in [0, 0.05) is 0 Å². The van der Waals surface area contributed by atoms with E-state index in [1.165, 1.54) is 5.56 Å². The van der Waals surface area contributed by atoms with Gasteiger partial charge >= 0.3 is 0 Å². The van der Waals surface area contributed by atoms with Crippen LogP contribution in [0.15, 0.2) is 48.5 Å². The Morgan fingerprint density at radius 3 is 2.47 bits per heavy atom. The van der Waals surface area contributed by atoms with Gasteiger partial charge < -0.3 is 4.74 Å². The van der Waals surface area contributed by atoms with Crippen molar-refractivity contribution in [1.82, 2.24) is 0 Å². The summed E-state index contributed by atoms with van der Waals surface area (Å²) in [5, 5.41) is 0. The lowest BCUT2D eigenvalue weighted by Gasteiger charge is -2.07. The number of methoxy groups -OCH3 is 1. The summed E-state index contributed by atoms with van der Waals surface area (Å²) in [6.07, 6.45) is 1.65. The topological polar surface area (TPSA) is 26.3 Å². The number of aldehydes is 1. The van der Waals surface area contributed by atoms with E-state index in [2.05, 4.69) is 12.1 Å². The second-order valence-corrected chi connectivity index (χ2v) is 3.86. The highest BCUT2D eigenvalue weighted by molar-refractivity contribution is 5.79. The first-order chi connectivity index (χ1) is 8.33. The van der Waals surface area contributed by atoms with E-state index in [9.17, 15) is 4.79 Å². The number of carbonyl (C=O) groups excluding carboxylic acids is 1. The molecule has 0 heterocycles. The quantitative estimate of drug-likeness (QED) is 0.749. The van der Waals surface area contributed by atoms with Crippen molar-refractivity contribution < 1.29 is 9.53 Å². The SMILES string of the molecule is COc1cc(Cc2ccccc2)ccc1C=O. The molecule has 17 heavy (non-hydrogen) atoms. The number of benzene rings is 2. The van der Waals surface area contributed by atoms with Crippen LogP contribution < -0.4 is 4.74 Å². The molecule has 0 aliphatic rings. The summed E-state index contributed by atoms with van der Waals surface area (Å²) in [7, 11) is 1.58. The Labute approximate surface area is 101 Å².